The first-order valence-corrected chi connectivity index (χ1v) is 13.5. The fraction of sp³-hybridized carbons (Fsp3) is 0.769. The van der Waals surface area contributed by atoms with E-state index in [1.54, 1.807) is 6.92 Å². The maximum Gasteiger partial charge on any atom is 0.408 e. The highest BCUT2D eigenvalue weighted by molar-refractivity contribution is 5.96. The van der Waals surface area contributed by atoms with E-state index in [2.05, 4.69) is 10.6 Å². The molecule has 0 spiro atoms. The van der Waals surface area contributed by atoms with Gasteiger partial charge >= 0.3 is 12.1 Å². The van der Waals surface area contributed by atoms with Crippen molar-refractivity contribution >= 4 is 23.9 Å². The van der Waals surface area contributed by atoms with Crippen molar-refractivity contribution < 1.29 is 33.8 Å². The second kappa shape index (κ2) is 11.6. The van der Waals surface area contributed by atoms with E-state index in [1.807, 2.05) is 12.2 Å². The lowest BCUT2D eigenvalue weighted by atomic mass is 10.0. The van der Waals surface area contributed by atoms with Crippen molar-refractivity contribution in [2.75, 3.05) is 13.2 Å². The Hall–Kier alpha value is -2.62. The molecule has 0 aromatic rings. The lowest BCUT2D eigenvalue weighted by Gasteiger charge is -2.29. The van der Waals surface area contributed by atoms with Gasteiger partial charge in [0, 0.05) is 18.9 Å². The van der Waals surface area contributed by atoms with Crippen LogP contribution in [0.3, 0.4) is 0 Å². The van der Waals surface area contributed by atoms with Gasteiger partial charge in [-0.15, -0.1) is 0 Å². The van der Waals surface area contributed by atoms with Crippen LogP contribution in [-0.2, 0) is 23.9 Å². The Morgan fingerprint density at radius 3 is 2.67 bits per heavy atom. The number of esters is 1. The zero-order chi connectivity index (χ0) is 25.7. The summed E-state index contributed by atoms with van der Waals surface area (Å²) in [6.07, 6.45) is 10.3. The number of carbonyl (C=O) groups is 4. The van der Waals surface area contributed by atoms with Crippen molar-refractivity contribution in [2.24, 2.45) is 5.92 Å². The first-order chi connectivity index (χ1) is 17.3. The van der Waals surface area contributed by atoms with Crippen molar-refractivity contribution in [3.05, 3.63) is 12.2 Å². The summed E-state index contributed by atoms with van der Waals surface area (Å²) >= 11 is 0. The molecule has 5 atom stereocenters. The molecule has 1 unspecified atom stereocenters. The Morgan fingerprint density at radius 1 is 1.17 bits per heavy atom. The molecule has 2 aliphatic heterocycles. The number of nitrogens with zero attached hydrogens (tertiary/aromatic N) is 1. The number of amides is 3. The van der Waals surface area contributed by atoms with E-state index < -0.39 is 47.6 Å². The maximum absolute atomic E-state index is 13.6. The molecule has 0 bridgehead atoms. The van der Waals surface area contributed by atoms with Crippen molar-refractivity contribution in [3.63, 3.8) is 0 Å². The molecule has 2 aliphatic carbocycles. The molecule has 3 fully saturated rings. The zero-order valence-electron chi connectivity index (χ0n) is 21.1. The van der Waals surface area contributed by atoms with Gasteiger partial charge in [0.25, 0.3) is 0 Å². The van der Waals surface area contributed by atoms with Gasteiger partial charge in [-0.2, -0.15) is 0 Å². The largest absolute Gasteiger partial charge is 0.464 e. The Morgan fingerprint density at radius 2 is 1.92 bits per heavy atom. The third kappa shape index (κ3) is 6.02. The number of nitrogens with one attached hydrogen (secondary N) is 2. The third-order valence-corrected chi connectivity index (χ3v) is 7.76. The molecule has 0 aromatic carbocycles. The molecular formula is C26H39N3O7. The Bertz CT molecular complexity index is 872. The first kappa shape index (κ1) is 26.4. The number of fused-ring (bicyclic) bond motifs is 2. The van der Waals surface area contributed by atoms with Gasteiger partial charge in [0.05, 0.1) is 12.7 Å². The zero-order valence-corrected chi connectivity index (χ0v) is 21.1. The summed E-state index contributed by atoms with van der Waals surface area (Å²) in [5, 5.41) is 16.0. The summed E-state index contributed by atoms with van der Waals surface area (Å²) in [6.45, 7) is 1.90. The Kier molecular flexibility index (Phi) is 8.54. The number of hydrogen-bond acceptors (Lipinski definition) is 7. The van der Waals surface area contributed by atoms with Crippen molar-refractivity contribution in [2.45, 2.75) is 107 Å². The molecule has 1 saturated heterocycles. The minimum absolute atomic E-state index is 0.0114. The molecule has 36 heavy (non-hydrogen) atoms. The Balaban J connectivity index is 1.52. The lowest BCUT2D eigenvalue weighted by Crippen LogP contribution is -2.56. The van der Waals surface area contributed by atoms with Crippen LogP contribution in [0, 0.1) is 5.92 Å². The maximum atomic E-state index is 13.6. The molecule has 3 N–H and O–H groups in total. The van der Waals surface area contributed by atoms with Crippen LogP contribution < -0.4 is 10.6 Å². The van der Waals surface area contributed by atoms with E-state index in [0.29, 0.717) is 12.8 Å². The number of aliphatic hydroxyl groups excluding tert-OH is 1. The SMILES string of the molecule is CCOC(=O)[C@@]12CC1/C=C\CCCCC[C@H](NC(=O)OC1CCCC1)C(=O)N1C[C@@H](O)C[C@H]1C(=O)N2. The lowest BCUT2D eigenvalue weighted by molar-refractivity contribution is -0.150. The van der Waals surface area contributed by atoms with E-state index in [4.69, 9.17) is 9.47 Å². The summed E-state index contributed by atoms with van der Waals surface area (Å²) in [7, 11) is 0. The molecule has 2 saturated carbocycles. The fourth-order valence-electron chi connectivity index (χ4n) is 5.66. The molecule has 0 radical (unpaired) electrons. The molecule has 2 heterocycles. The topological polar surface area (TPSA) is 134 Å². The number of allylic oxidation sites excluding steroid dienone is 1. The van der Waals surface area contributed by atoms with Gasteiger partial charge in [0.15, 0.2) is 0 Å². The molecule has 3 amide bonds. The van der Waals surface area contributed by atoms with Crippen molar-refractivity contribution in [1.29, 1.82) is 0 Å². The molecule has 10 nitrogen and oxygen atoms in total. The minimum atomic E-state index is -1.14. The normalized spacial score (nSPS) is 34.4. The predicted molar refractivity (Wildman–Crippen MR) is 130 cm³/mol. The van der Waals surface area contributed by atoms with E-state index in [-0.39, 0.29) is 31.6 Å². The van der Waals surface area contributed by atoms with Crippen LogP contribution in [0.5, 0.6) is 0 Å². The highest BCUT2D eigenvalue weighted by atomic mass is 16.6. The van der Waals surface area contributed by atoms with Crippen LogP contribution in [0.2, 0.25) is 0 Å². The fourth-order valence-corrected chi connectivity index (χ4v) is 5.66. The number of alkyl carbamates (subject to hydrolysis) is 1. The average molecular weight is 506 g/mol. The minimum Gasteiger partial charge on any atom is -0.464 e. The van der Waals surface area contributed by atoms with Crippen molar-refractivity contribution in [1.82, 2.24) is 15.5 Å². The number of ether oxygens (including phenoxy) is 2. The van der Waals surface area contributed by atoms with Gasteiger partial charge in [0.1, 0.15) is 23.7 Å². The monoisotopic (exact) mass is 505 g/mol. The van der Waals surface area contributed by atoms with Crippen LogP contribution in [0.1, 0.15) is 77.6 Å². The molecule has 4 rings (SSSR count). The summed E-state index contributed by atoms with van der Waals surface area (Å²) < 4.78 is 10.8. The van der Waals surface area contributed by atoms with Crippen LogP contribution in [0.4, 0.5) is 4.79 Å². The first-order valence-electron chi connectivity index (χ1n) is 13.5. The molecule has 200 valence electrons. The number of aliphatic hydroxyl groups is 1. The third-order valence-electron chi connectivity index (χ3n) is 7.76. The summed E-state index contributed by atoms with van der Waals surface area (Å²) in [6, 6.07) is -1.79. The quantitative estimate of drug-likeness (QED) is 0.393. The predicted octanol–water partition coefficient (Wildman–Crippen LogP) is 1.94. The van der Waals surface area contributed by atoms with E-state index in [9.17, 15) is 24.3 Å². The molecule has 4 aliphatic rings. The summed E-state index contributed by atoms with van der Waals surface area (Å²) in [5.74, 6) is -1.56. The smallest absolute Gasteiger partial charge is 0.408 e. The highest BCUT2D eigenvalue weighted by Gasteiger charge is 2.62. The van der Waals surface area contributed by atoms with Gasteiger partial charge in [-0.1, -0.05) is 25.0 Å². The van der Waals surface area contributed by atoms with Crippen LogP contribution >= 0.6 is 0 Å². The van der Waals surface area contributed by atoms with Crippen molar-refractivity contribution in [3.8, 4) is 0 Å². The highest BCUT2D eigenvalue weighted by Crippen LogP contribution is 2.46. The second-order valence-corrected chi connectivity index (χ2v) is 10.5. The van der Waals surface area contributed by atoms with E-state index >= 15 is 0 Å². The Labute approximate surface area is 212 Å². The van der Waals surface area contributed by atoms with Gasteiger partial charge in [-0.3, -0.25) is 9.59 Å². The molecular weight excluding hydrogens is 466 g/mol. The number of carbonyl (C=O) groups excluding carboxylic acids is 4. The van der Waals surface area contributed by atoms with Gasteiger partial charge in [-0.05, 0) is 58.3 Å². The van der Waals surface area contributed by atoms with Crippen LogP contribution in [0.25, 0.3) is 0 Å². The van der Waals surface area contributed by atoms with E-state index in [1.165, 1.54) is 4.90 Å². The number of hydrogen-bond donors (Lipinski definition) is 3. The second-order valence-electron chi connectivity index (χ2n) is 10.5. The summed E-state index contributed by atoms with van der Waals surface area (Å²) in [4.78, 5) is 53.7. The number of rotatable bonds is 4. The average Bonchev–Trinajstić information content (AvgIpc) is 3.13. The van der Waals surface area contributed by atoms with Gasteiger partial charge in [0.2, 0.25) is 11.8 Å². The van der Waals surface area contributed by atoms with Gasteiger partial charge < -0.3 is 30.1 Å². The molecule has 10 heteroatoms. The molecule has 0 aromatic heterocycles. The van der Waals surface area contributed by atoms with E-state index in [0.717, 1.165) is 51.4 Å². The van der Waals surface area contributed by atoms with Crippen LogP contribution in [-0.4, -0.2) is 76.9 Å². The summed E-state index contributed by atoms with van der Waals surface area (Å²) in [5.41, 5.74) is -1.14. The standard InChI is InChI=1S/C26H39N3O7/c1-2-35-24(33)26-15-17(26)10-6-4-3-5-7-13-20(27-25(34)36-19-11-8-9-12-19)23(32)29-16-18(30)14-21(29)22(31)28-26/h6,10,17-21,30H,2-5,7-9,11-16H2,1H3,(H,27,34)(H,28,31)/b10-6-/t17?,18-,20-,21-,26+/m0/s1. The van der Waals surface area contributed by atoms with Gasteiger partial charge in [-0.25, -0.2) is 9.59 Å². The van der Waals surface area contributed by atoms with Crippen LogP contribution in [0.15, 0.2) is 12.2 Å².